The molecule has 0 saturated carbocycles. The van der Waals surface area contributed by atoms with Crippen LogP contribution in [0.25, 0.3) is 0 Å². The van der Waals surface area contributed by atoms with Crippen molar-refractivity contribution in [3.8, 4) is 11.8 Å². The fourth-order valence-corrected chi connectivity index (χ4v) is 2.12. The third kappa shape index (κ3) is 4.62. The van der Waals surface area contributed by atoms with Crippen LogP contribution < -0.4 is 10.1 Å². The molecule has 1 heterocycles. The molecule has 0 saturated heterocycles. The number of nitriles is 1. The minimum atomic E-state index is 0.0816. The summed E-state index contributed by atoms with van der Waals surface area (Å²) >= 11 is 0. The van der Waals surface area contributed by atoms with E-state index in [-0.39, 0.29) is 12.6 Å². The third-order valence-electron chi connectivity index (χ3n) is 3.31. The zero-order chi connectivity index (χ0) is 15.1. The lowest BCUT2D eigenvalue weighted by molar-refractivity contribution is 0.368. The maximum absolute atomic E-state index is 8.47. The molecule has 1 aromatic heterocycles. The molecule has 0 aliphatic heterocycles. The second-order valence-corrected chi connectivity index (χ2v) is 4.96. The highest BCUT2D eigenvalue weighted by Crippen LogP contribution is 2.17. The Hall–Kier alpha value is -2.32. The summed E-state index contributed by atoms with van der Waals surface area (Å²) in [5.74, 6) is 0.725. The van der Waals surface area contributed by atoms with Gasteiger partial charge in [-0.1, -0.05) is 12.1 Å². The van der Waals surface area contributed by atoms with Crippen LogP contribution in [-0.2, 0) is 13.5 Å². The zero-order valence-electron chi connectivity index (χ0n) is 12.4. The Morgan fingerprint density at radius 1 is 1.38 bits per heavy atom. The van der Waals surface area contributed by atoms with Gasteiger partial charge in [-0.05, 0) is 43.1 Å². The lowest BCUT2D eigenvalue weighted by Crippen LogP contribution is -2.21. The topological polar surface area (TPSA) is 62.9 Å². The average Bonchev–Trinajstić information content (AvgIpc) is 2.91. The van der Waals surface area contributed by atoms with E-state index < -0.39 is 0 Å². The van der Waals surface area contributed by atoms with Crippen LogP contribution >= 0.6 is 0 Å². The summed E-state index contributed by atoms with van der Waals surface area (Å²) in [6.45, 7) is 3.12. The number of aryl methyl sites for hydroxylation is 1. The van der Waals surface area contributed by atoms with Crippen molar-refractivity contribution in [1.29, 1.82) is 5.26 Å². The number of benzene rings is 1. The minimum absolute atomic E-state index is 0.0816. The Labute approximate surface area is 125 Å². The van der Waals surface area contributed by atoms with Gasteiger partial charge < -0.3 is 10.1 Å². The summed E-state index contributed by atoms with van der Waals surface area (Å²) in [5.41, 5.74) is 2.43. The highest BCUT2D eigenvalue weighted by Gasteiger charge is 2.05. The SMILES string of the molecule is CC(NCCc1cnn(C)c1)c1ccc(OCC#N)cc1. The number of hydrogen-bond acceptors (Lipinski definition) is 4. The summed E-state index contributed by atoms with van der Waals surface area (Å²) < 4.78 is 7.06. The Kier molecular flexibility index (Phi) is 5.35. The number of hydrogen-bond donors (Lipinski definition) is 1. The molecular formula is C16H20N4O. The summed E-state index contributed by atoms with van der Waals surface area (Å²) in [6.07, 6.45) is 4.89. The van der Waals surface area contributed by atoms with Crippen LogP contribution in [0.5, 0.6) is 5.75 Å². The van der Waals surface area contributed by atoms with Gasteiger partial charge in [0.05, 0.1) is 6.20 Å². The lowest BCUT2D eigenvalue weighted by atomic mass is 10.1. The average molecular weight is 284 g/mol. The van der Waals surface area contributed by atoms with E-state index in [1.54, 1.807) is 0 Å². The fraction of sp³-hybridized carbons (Fsp3) is 0.375. The molecule has 0 aliphatic rings. The first-order valence-corrected chi connectivity index (χ1v) is 6.99. The standard InChI is InChI=1S/C16H20N4O/c1-13(18-9-7-14-11-19-20(2)12-14)15-3-5-16(6-4-15)21-10-8-17/h3-6,11-13,18H,7,9-10H2,1-2H3. The largest absolute Gasteiger partial charge is 0.479 e. The van der Waals surface area contributed by atoms with Crippen molar-refractivity contribution < 1.29 is 4.74 Å². The lowest BCUT2D eigenvalue weighted by Gasteiger charge is -2.14. The van der Waals surface area contributed by atoms with E-state index in [0.717, 1.165) is 18.7 Å². The molecule has 1 unspecified atom stereocenters. The molecule has 110 valence electrons. The van der Waals surface area contributed by atoms with Crippen molar-refractivity contribution in [2.45, 2.75) is 19.4 Å². The summed E-state index contributed by atoms with van der Waals surface area (Å²) in [5, 5.41) is 16.1. The molecule has 0 aliphatic carbocycles. The number of nitrogens with zero attached hydrogens (tertiary/aromatic N) is 3. The van der Waals surface area contributed by atoms with Crippen molar-refractivity contribution in [2.24, 2.45) is 7.05 Å². The van der Waals surface area contributed by atoms with Crippen LogP contribution in [0, 0.1) is 11.3 Å². The smallest absolute Gasteiger partial charge is 0.174 e. The van der Waals surface area contributed by atoms with Crippen molar-refractivity contribution in [3.63, 3.8) is 0 Å². The van der Waals surface area contributed by atoms with Crippen LogP contribution in [-0.4, -0.2) is 22.9 Å². The van der Waals surface area contributed by atoms with Gasteiger partial charge in [-0.2, -0.15) is 10.4 Å². The van der Waals surface area contributed by atoms with Crippen LogP contribution in [0.2, 0.25) is 0 Å². The molecule has 1 N–H and O–H groups in total. The van der Waals surface area contributed by atoms with E-state index >= 15 is 0 Å². The van der Waals surface area contributed by atoms with E-state index in [2.05, 4.69) is 17.3 Å². The molecule has 5 heteroatoms. The quantitative estimate of drug-likeness (QED) is 0.846. The molecule has 5 nitrogen and oxygen atoms in total. The Bertz CT molecular complexity index is 597. The predicted octanol–water partition coefficient (Wildman–Crippen LogP) is 2.22. The first-order chi connectivity index (χ1) is 10.2. The molecule has 2 aromatic rings. The van der Waals surface area contributed by atoms with Gasteiger partial charge in [-0.25, -0.2) is 0 Å². The van der Waals surface area contributed by atoms with Crippen molar-refractivity contribution in [3.05, 3.63) is 47.8 Å². The highest BCUT2D eigenvalue weighted by molar-refractivity contribution is 5.29. The molecule has 0 amide bonds. The Morgan fingerprint density at radius 2 is 2.14 bits per heavy atom. The number of nitrogens with one attached hydrogen (secondary N) is 1. The van der Waals surface area contributed by atoms with Crippen molar-refractivity contribution in [2.75, 3.05) is 13.2 Å². The third-order valence-corrected chi connectivity index (χ3v) is 3.31. The molecular weight excluding hydrogens is 264 g/mol. The summed E-state index contributed by atoms with van der Waals surface area (Å²) in [4.78, 5) is 0. The molecule has 0 radical (unpaired) electrons. The van der Waals surface area contributed by atoms with Crippen molar-refractivity contribution >= 4 is 0 Å². The van der Waals surface area contributed by atoms with Gasteiger partial charge in [0.2, 0.25) is 0 Å². The van der Waals surface area contributed by atoms with Gasteiger partial charge in [0.15, 0.2) is 6.61 Å². The van der Waals surface area contributed by atoms with Gasteiger partial charge in [-0.3, -0.25) is 4.68 Å². The molecule has 0 spiro atoms. The first-order valence-electron chi connectivity index (χ1n) is 6.99. The van der Waals surface area contributed by atoms with Gasteiger partial charge >= 0.3 is 0 Å². The van der Waals surface area contributed by atoms with Crippen LogP contribution in [0.3, 0.4) is 0 Å². The number of rotatable bonds is 7. The fourth-order valence-electron chi connectivity index (χ4n) is 2.12. The van der Waals surface area contributed by atoms with E-state index in [9.17, 15) is 0 Å². The molecule has 2 rings (SSSR count). The second kappa shape index (κ2) is 7.46. The number of aromatic nitrogens is 2. The zero-order valence-corrected chi connectivity index (χ0v) is 12.4. The maximum Gasteiger partial charge on any atom is 0.174 e. The van der Waals surface area contributed by atoms with Crippen LogP contribution in [0.1, 0.15) is 24.1 Å². The van der Waals surface area contributed by atoms with Crippen molar-refractivity contribution in [1.82, 2.24) is 15.1 Å². The monoisotopic (exact) mass is 284 g/mol. The van der Waals surface area contributed by atoms with E-state index in [1.807, 2.05) is 54.5 Å². The van der Waals surface area contributed by atoms with E-state index in [0.29, 0.717) is 0 Å². The number of ether oxygens (including phenoxy) is 1. The molecule has 1 atom stereocenters. The van der Waals surface area contributed by atoms with Crippen LogP contribution in [0.4, 0.5) is 0 Å². The molecule has 0 fully saturated rings. The van der Waals surface area contributed by atoms with Crippen LogP contribution in [0.15, 0.2) is 36.7 Å². The van der Waals surface area contributed by atoms with Gasteiger partial charge in [0, 0.05) is 19.3 Å². The van der Waals surface area contributed by atoms with Gasteiger partial charge in [0.25, 0.3) is 0 Å². The predicted molar refractivity (Wildman–Crippen MR) is 80.9 cm³/mol. The highest BCUT2D eigenvalue weighted by atomic mass is 16.5. The first kappa shape index (κ1) is 15.1. The Morgan fingerprint density at radius 3 is 2.76 bits per heavy atom. The normalized spacial score (nSPS) is 11.9. The second-order valence-electron chi connectivity index (χ2n) is 4.96. The van der Waals surface area contributed by atoms with E-state index in [1.165, 1.54) is 11.1 Å². The van der Waals surface area contributed by atoms with E-state index in [4.69, 9.17) is 10.00 Å². The molecule has 0 bridgehead atoms. The summed E-state index contributed by atoms with van der Waals surface area (Å²) in [6, 6.07) is 10.1. The van der Waals surface area contributed by atoms with Gasteiger partial charge in [0.1, 0.15) is 11.8 Å². The molecule has 21 heavy (non-hydrogen) atoms. The maximum atomic E-state index is 8.47. The minimum Gasteiger partial charge on any atom is -0.479 e. The Balaban J connectivity index is 1.80. The molecule has 1 aromatic carbocycles. The summed E-state index contributed by atoms with van der Waals surface area (Å²) in [7, 11) is 1.93. The van der Waals surface area contributed by atoms with Gasteiger partial charge in [-0.15, -0.1) is 0 Å².